The summed E-state index contributed by atoms with van der Waals surface area (Å²) < 4.78 is 0. The van der Waals surface area contributed by atoms with Crippen LogP contribution in [0.4, 0.5) is 0 Å². The average Bonchev–Trinajstić information content (AvgIpc) is 2.96. The lowest BCUT2D eigenvalue weighted by atomic mass is 9.96. The van der Waals surface area contributed by atoms with Gasteiger partial charge in [0.2, 0.25) is 23.6 Å². The highest BCUT2D eigenvalue weighted by Crippen LogP contribution is 2.14. The summed E-state index contributed by atoms with van der Waals surface area (Å²) >= 11 is 0. The molecule has 14 nitrogen and oxygen atoms in total. The first kappa shape index (κ1) is 38.8. The van der Waals surface area contributed by atoms with E-state index >= 15 is 0 Å². The van der Waals surface area contributed by atoms with E-state index in [1.54, 1.807) is 27.7 Å². The number of phenolic OH excluding ortho intramolecular Hbond substituents is 1. The molecule has 0 aliphatic carbocycles. The zero-order chi connectivity index (χ0) is 34.4. The minimum absolute atomic E-state index is 0.00652. The number of benzene rings is 1. The molecule has 0 saturated heterocycles. The number of amides is 4. The number of nitrogens with one attached hydrogen (secondary N) is 4. The van der Waals surface area contributed by atoms with E-state index in [1.165, 1.54) is 24.3 Å². The third kappa shape index (κ3) is 13.5. The standard InChI is InChI=1S/C31H49N5O9/c1-7-18(6)26(36-27(40)21(12-13-24(38)39)33-29(42)25(32)17(4)5)30(43)34-22(14-16(2)3)28(41)35-23(31(44)45)15-19-8-10-20(37)11-9-19/h8-11,16-18,21-23,25-26,37H,7,12-15,32H2,1-6H3,(H,33,42)(H,34,43)(H,35,41)(H,36,40)(H,38,39)(H,44,45)/t18-,21-,22-,23-,25-,26-/m0/s1. The maximum absolute atomic E-state index is 13.6. The maximum Gasteiger partial charge on any atom is 0.326 e. The summed E-state index contributed by atoms with van der Waals surface area (Å²) in [5, 5.41) is 38.7. The Kier molecular flexibility index (Phi) is 16.0. The SMILES string of the molecule is CC[C@H](C)[C@H](NC(=O)[C@H](CCC(=O)O)NC(=O)[C@@H](N)C(C)C)C(=O)N[C@@H](CC(C)C)C(=O)N[C@@H](Cc1ccc(O)cc1)C(=O)O. The Morgan fingerprint density at radius 2 is 1.29 bits per heavy atom. The molecule has 0 radical (unpaired) electrons. The van der Waals surface area contributed by atoms with Gasteiger partial charge in [0.15, 0.2) is 0 Å². The van der Waals surface area contributed by atoms with Crippen molar-refractivity contribution in [3.63, 3.8) is 0 Å². The number of aromatic hydroxyl groups is 1. The highest BCUT2D eigenvalue weighted by atomic mass is 16.4. The van der Waals surface area contributed by atoms with Gasteiger partial charge in [-0.1, -0.05) is 60.1 Å². The van der Waals surface area contributed by atoms with Gasteiger partial charge in [0.25, 0.3) is 0 Å². The molecule has 1 rings (SSSR count). The van der Waals surface area contributed by atoms with Crippen molar-refractivity contribution in [2.75, 3.05) is 0 Å². The molecule has 1 aromatic carbocycles. The van der Waals surface area contributed by atoms with Crippen LogP contribution in [0.5, 0.6) is 5.75 Å². The Bertz CT molecular complexity index is 1170. The van der Waals surface area contributed by atoms with Crippen LogP contribution in [-0.4, -0.2) is 81.1 Å². The van der Waals surface area contributed by atoms with Crippen LogP contribution in [0.25, 0.3) is 0 Å². The molecular formula is C31H49N5O9. The second kappa shape index (κ2) is 18.6. The largest absolute Gasteiger partial charge is 0.508 e. The highest BCUT2D eigenvalue weighted by Gasteiger charge is 2.34. The summed E-state index contributed by atoms with van der Waals surface area (Å²) in [5.41, 5.74) is 6.46. The Balaban J connectivity index is 3.18. The summed E-state index contributed by atoms with van der Waals surface area (Å²) in [7, 11) is 0. The molecule has 9 N–H and O–H groups in total. The highest BCUT2D eigenvalue weighted by molar-refractivity contribution is 5.95. The second-order valence-corrected chi connectivity index (χ2v) is 12.1. The molecule has 0 spiro atoms. The summed E-state index contributed by atoms with van der Waals surface area (Å²) in [6.45, 7) is 10.6. The lowest BCUT2D eigenvalue weighted by Gasteiger charge is -2.29. The van der Waals surface area contributed by atoms with Gasteiger partial charge >= 0.3 is 11.9 Å². The molecule has 4 amide bonds. The Hall–Kier alpha value is -4.20. The molecule has 0 bridgehead atoms. The summed E-state index contributed by atoms with van der Waals surface area (Å²) in [6, 6.07) is -0.000141. The molecular weight excluding hydrogens is 586 g/mol. The van der Waals surface area contributed by atoms with E-state index < -0.39 is 78.1 Å². The Labute approximate surface area is 263 Å². The van der Waals surface area contributed by atoms with Gasteiger partial charge in [-0.3, -0.25) is 24.0 Å². The number of carbonyl (C=O) groups excluding carboxylic acids is 4. The van der Waals surface area contributed by atoms with E-state index in [2.05, 4.69) is 21.3 Å². The molecule has 0 aliphatic rings. The van der Waals surface area contributed by atoms with Gasteiger partial charge in [-0.05, 0) is 48.3 Å². The number of phenols is 1. The van der Waals surface area contributed by atoms with E-state index in [0.29, 0.717) is 12.0 Å². The number of rotatable bonds is 19. The molecule has 14 heteroatoms. The van der Waals surface area contributed by atoms with E-state index in [4.69, 9.17) is 10.8 Å². The first-order valence-electron chi connectivity index (χ1n) is 15.2. The molecule has 0 saturated carbocycles. The van der Waals surface area contributed by atoms with Gasteiger partial charge in [-0.2, -0.15) is 0 Å². The lowest BCUT2D eigenvalue weighted by molar-refractivity contribution is -0.142. The van der Waals surface area contributed by atoms with Crippen molar-refractivity contribution in [2.24, 2.45) is 23.5 Å². The summed E-state index contributed by atoms with van der Waals surface area (Å²) in [5.74, 6) is -6.10. The third-order valence-electron chi connectivity index (χ3n) is 7.42. The van der Waals surface area contributed by atoms with Gasteiger partial charge in [0.05, 0.1) is 6.04 Å². The fraction of sp³-hybridized carbons (Fsp3) is 0.613. The second-order valence-electron chi connectivity index (χ2n) is 12.1. The van der Waals surface area contributed by atoms with Gasteiger partial charge in [0, 0.05) is 12.8 Å². The van der Waals surface area contributed by atoms with Crippen molar-refractivity contribution in [2.45, 2.75) is 104 Å². The Morgan fingerprint density at radius 3 is 1.78 bits per heavy atom. The monoisotopic (exact) mass is 635 g/mol. The molecule has 0 aromatic heterocycles. The van der Waals surface area contributed by atoms with Crippen LogP contribution in [0.15, 0.2) is 24.3 Å². The predicted octanol–water partition coefficient (Wildman–Crippen LogP) is 0.899. The number of nitrogens with two attached hydrogens (primary N) is 1. The van der Waals surface area contributed by atoms with Gasteiger partial charge in [-0.25, -0.2) is 4.79 Å². The van der Waals surface area contributed by atoms with Gasteiger partial charge in [-0.15, -0.1) is 0 Å². The van der Waals surface area contributed by atoms with Gasteiger partial charge < -0.3 is 42.3 Å². The average molecular weight is 636 g/mol. The quantitative estimate of drug-likeness (QED) is 0.107. The van der Waals surface area contributed by atoms with Crippen molar-refractivity contribution < 1.29 is 44.1 Å². The normalized spacial score (nSPS) is 15.2. The van der Waals surface area contributed by atoms with Crippen LogP contribution >= 0.6 is 0 Å². The minimum atomic E-state index is -1.32. The fourth-order valence-electron chi connectivity index (χ4n) is 4.37. The van der Waals surface area contributed by atoms with Crippen molar-refractivity contribution in [3.8, 4) is 5.75 Å². The topological polar surface area (TPSA) is 237 Å². The number of hydrogen-bond donors (Lipinski definition) is 8. The fourth-order valence-corrected chi connectivity index (χ4v) is 4.37. The summed E-state index contributed by atoms with van der Waals surface area (Å²) in [4.78, 5) is 76.0. The van der Waals surface area contributed by atoms with Gasteiger partial charge in [0.1, 0.15) is 29.9 Å². The van der Waals surface area contributed by atoms with Crippen LogP contribution in [0.1, 0.15) is 72.8 Å². The van der Waals surface area contributed by atoms with E-state index in [-0.39, 0.29) is 36.8 Å². The molecule has 0 unspecified atom stereocenters. The molecule has 0 aliphatic heterocycles. The maximum atomic E-state index is 13.6. The Morgan fingerprint density at radius 1 is 0.756 bits per heavy atom. The first-order valence-corrected chi connectivity index (χ1v) is 15.2. The first-order chi connectivity index (χ1) is 21.0. The third-order valence-corrected chi connectivity index (χ3v) is 7.42. The van der Waals surface area contributed by atoms with Crippen molar-refractivity contribution >= 4 is 35.6 Å². The van der Waals surface area contributed by atoms with Crippen molar-refractivity contribution in [1.82, 2.24) is 21.3 Å². The zero-order valence-electron chi connectivity index (χ0n) is 26.8. The van der Waals surface area contributed by atoms with E-state index in [1.807, 2.05) is 13.8 Å². The molecule has 1 aromatic rings. The summed E-state index contributed by atoms with van der Waals surface area (Å²) in [6.07, 6.45) is -0.144. The van der Waals surface area contributed by atoms with Crippen molar-refractivity contribution in [3.05, 3.63) is 29.8 Å². The van der Waals surface area contributed by atoms with E-state index in [0.717, 1.165) is 0 Å². The molecule has 0 fully saturated rings. The van der Waals surface area contributed by atoms with E-state index in [9.17, 15) is 39.0 Å². The number of hydrogen-bond acceptors (Lipinski definition) is 8. The molecule has 0 heterocycles. The van der Waals surface area contributed by atoms with Crippen LogP contribution in [0.3, 0.4) is 0 Å². The van der Waals surface area contributed by atoms with Crippen LogP contribution < -0.4 is 27.0 Å². The smallest absolute Gasteiger partial charge is 0.326 e. The van der Waals surface area contributed by atoms with Crippen LogP contribution in [0.2, 0.25) is 0 Å². The zero-order valence-corrected chi connectivity index (χ0v) is 26.8. The molecule has 252 valence electrons. The molecule has 45 heavy (non-hydrogen) atoms. The van der Waals surface area contributed by atoms with Crippen molar-refractivity contribution in [1.29, 1.82) is 0 Å². The predicted molar refractivity (Wildman–Crippen MR) is 166 cm³/mol. The number of carbonyl (C=O) groups is 6. The van der Waals surface area contributed by atoms with Crippen LogP contribution in [-0.2, 0) is 35.2 Å². The lowest BCUT2D eigenvalue weighted by Crippen LogP contribution is -2.60. The molecule has 6 atom stereocenters. The number of carboxylic acids is 2. The minimum Gasteiger partial charge on any atom is -0.508 e. The van der Waals surface area contributed by atoms with Crippen LogP contribution in [0, 0.1) is 17.8 Å². The number of aliphatic carboxylic acids is 2. The number of carboxylic acid groups (broad SMARTS) is 2.